The predicted octanol–water partition coefficient (Wildman–Crippen LogP) is 4.94. The van der Waals surface area contributed by atoms with Crippen molar-refractivity contribution >= 4 is 10.8 Å². The molecule has 0 atom stereocenters. The molecule has 3 rings (SSSR count). The average Bonchev–Trinajstić information content (AvgIpc) is 2.46. The summed E-state index contributed by atoms with van der Waals surface area (Å²) >= 11 is 0. The second-order valence-corrected chi connectivity index (χ2v) is 6.29. The summed E-state index contributed by atoms with van der Waals surface area (Å²) in [6, 6.07) is 16.2. The second kappa shape index (κ2) is 5.41. The second-order valence-electron chi connectivity index (χ2n) is 6.29. The van der Waals surface area contributed by atoms with Crippen LogP contribution in [0.4, 0.5) is 4.39 Å². The molecule has 2 aromatic carbocycles. The molecule has 112 valence electrons. The van der Waals surface area contributed by atoms with Crippen LogP contribution >= 0.6 is 0 Å². The zero-order valence-electron chi connectivity index (χ0n) is 12.9. The molecule has 0 aliphatic carbocycles. The van der Waals surface area contributed by atoms with Gasteiger partial charge in [-0.2, -0.15) is 0 Å². The third-order valence-corrected chi connectivity index (χ3v) is 3.25. The van der Waals surface area contributed by atoms with Crippen LogP contribution in [-0.2, 0) is 0 Å². The van der Waals surface area contributed by atoms with Crippen molar-refractivity contribution in [1.82, 2.24) is 0 Å². The van der Waals surface area contributed by atoms with Crippen molar-refractivity contribution in [2.75, 3.05) is 0 Å². The van der Waals surface area contributed by atoms with Crippen LogP contribution in [0.3, 0.4) is 0 Å². The first-order chi connectivity index (χ1) is 10.4. The van der Waals surface area contributed by atoms with Gasteiger partial charge < -0.3 is 4.42 Å². The van der Waals surface area contributed by atoms with E-state index in [1.807, 2.05) is 51.1 Å². The van der Waals surface area contributed by atoms with Gasteiger partial charge in [-0.3, -0.25) is 0 Å². The van der Waals surface area contributed by atoms with Gasteiger partial charge in [0.2, 0.25) is 5.55 Å². The molecule has 1 aromatic heterocycles. The van der Waals surface area contributed by atoms with E-state index in [0.29, 0.717) is 11.3 Å². The topological polar surface area (TPSA) is 25.5 Å². The Kier molecular flexibility index (Phi) is 3.57. The number of halogens is 1. The minimum absolute atomic E-state index is 0.242. The maximum atomic E-state index is 13.1. The molecule has 2 nitrogen and oxygen atoms in total. The number of nitrogens with zero attached hydrogens (tertiary/aromatic N) is 1. The molecule has 0 aliphatic heterocycles. The van der Waals surface area contributed by atoms with Crippen molar-refractivity contribution in [1.29, 1.82) is 0 Å². The van der Waals surface area contributed by atoms with Crippen LogP contribution in [0.5, 0.6) is 0 Å². The molecule has 0 amide bonds. The fraction of sp³-hybridized carbons (Fsp3) is 0.211. The maximum Gasteiger partial charge on any atom is 0.223 e. The summed E-state index contributed by atoms with van der Waals surface area (Å²) in [6.45, 7) is 6.09. The molecule has 0 saturated heterocycles. The largest absolute Gasteiger partial charge is 0.438 e. The number of benzene rings is 2. The lowest BCUT2D eigenvalue weighted by Crippen LogP contribution is -2.17. The molecule has 0 N–H and O–H groups in total. The minimum atomic E-state index is -0.260. The molecule has 3 aromatic rings. The summed E-state index contributed by atoms with van der Waals surface area (Å²) in [4.78, 5) is 4.68. The molecule has 0 aliphatic rings. The number of hydrogen-bond donors (Lipinski definition) is 0. The monoisotopic (exact) mass is 295 g/mol. The SMILES string of the molecule is CC(C)(C)N=c1oc(-c2ccc(F)cc2)cc2ccccc12. The van der Waals surface area contributed by atoms with Crippen LogP contribution in [0.2, 0.25) is 0 Å². The molecule has 0 radical (unpaired) electrons. The van der Waals surface area contributed by atoms with Crippen LogP contribution in [0.1, 0.15) is 20.8 Å². The zero-order valence-corrected chi connectivity index (χ0v) is 12.9. The highest BCUT2D eigenvalue weighted by molar-refractivity contribution is 5.83. The van der Waals surface area contributed by atoms with E-state index in [0.717, 1.165) is 16.3 Å². The fourth-order valence-corrected chi connectivity index (χ4v) is 2.29. The quantitative estimate of drug-likeness (QED) is 0.624. The predicted molar refractivity (Wildman–Crippen MR) is 86.9 cm³/mol. The Hall–Kier alpha value is -2.42. The Morgan fingerprint density at radius 2 is 1.64 bits per heavy atom. The summed E-state index contributed by atoms with van der Waals surface area (Å²) in [7, 11) is 0. The van der Waals surface area contributed by atoms with Crippen molar-refractivity contribution in [3.8, 4) is 11.3 Å². The zero-order chi connectivity index (χ0) is 15.7. The molecule has 3 heteroatoms. The van der Waals surface area contributed by atoms with E-state index in [1.165, 1.54) is 12.1 Å². The van der Waals surface area contributed by atoms with E-state index in [-0.39, 0.29) is 11.4 Å². The van der Waals surface area contributed by atoms with E-state index in [1.54, 1.807) is 12.1 Å². The first kappa shape index (κ1) is 14.5. The van der Waals surface area contributed by atoms with Crippen LogP contribution in [0.25, 0.3) is 22.1 Å². The van der Waals surface area contributed by atoms with Gasteiger partial charge >= 0.3 is 0 Å². The summed E-state index contributed by atoms with van der Waals surface area (Å²) in [5.41, 5.74) is 1.19. The van der Waals surface area contributed by atoms with Crippen molar-refractivity contribution < 1.29 is 8.81 Å². The Labute approximate surface area is 128 Å². The van der Waals surface area contributed by atoms with Crippen LogP contribution in [0, 0.1) is 5.82 Å². The highest BCUT2D eigenvalue weighted by Crippen LogP contribution is 2.22. The molecule has 0 fully saturated rings. The van der Waals surface area contributed by atoms with Gasteiger partial charge in [-0.05, 0) is 62.6 Å². The van der Waals surface area contributed by atoms with E-state index in [9.17, 15) is 4.39 Å². The Morgan fingerprint density at radius 3 is 2.32 bits per heavy atom. The molecule has 0 bridgehead atoms. The van der Waals surface area contributed by atoms with E-state index >= 15 is 0 Å². The van der Waals surface area contributed by atoms with Gasteiger partial charge in [0, 0.05) is 10.9 Å². The van der Waals surface area contributed by atoms with Gasteiger partial charge in [0.25, 0.3) is 0 Å². The lowest BCUT2D eigenvalue weighted by atomic mass is 10.1. The van der Waals surface area contributed by atoms with Gasteiger partial charge in [-0.25, -0.2) is 9.38 Å². The number of fused-ring (bicyclic) bond motifs is 1. The summed E-state index contributed by atoms with van der Waals surface area (Å²) in [5, 5.41) is 2.03. The van der Waals surface area contributed by atoms with Crippen molar-refractivity contribution in [2.45, 2.75) is 26.3 Å². The Bertz CT molecular complexity index is 870. The van der Waals surface area contributed by atoms with Gasteiger partial charge in [0.1, 0.15) is 11.6 Å². The normalized spacial score (nSPS) is 12.8. The van der Waals surface area contributed by atoms with Gasteiger partial charge in [-0.1, -0.05) is 18.2 Å². The Morgan fingerprint density at radius 1 is 0.955 bits per heavy atom. The highest BCUT2D eigenvalue weighted by Gasteiger charge is 2.10. The Balaban J connectivity index is 2.30. The molecular weight excluding hydrogens is 277 g/mol. The fourth-order valence-electron chi connectivity index (χ4n) is 2.29. The molecule has 0 saturated carbocycles. The third kappa shape index (κ3) is 3.08. The maximum absolute atomic E-state index is 13.1. The number of hydrogen-bond acceptors (Lipinski definition) is 2. The summed E-state index contributed by atoms with van der Waals surface area (Å²) in [5.74, 6) is 0.422. The van der Waals surface area contributed by atoms with Gasteiger partial charge in [0.05, 0.1) is 5.54 Å². The van der Waals surface area contributed by atoms with Crippen LogP contribution < -0.4 is 5.55 Å². The molecule has 0 spiro atoms. The summed E-state index contributed by atoms with van der Waals surface area (Å²) < 4.78 is 19.1. The first-order valence-electron chi connectivity index (χ1n) is 7.27. The lowest BCUT2D eigenvalue weighted by molar-refractivity contribution is 0.466. The standard InChI is InChI=1S/C19H18FNO/c1-19(2,3)21-18-16-7-5-4-6-14(16)12-17(22-18)13-8-10-15(20)11-9-13/h4-12H,1-3H3. The average molecular weight is 295 g/mol. The minimum Gasteiger partial charge on any atom is -0.438 e. The van der Waals surface area contributed by atoms with Gasteiger partial charge in [0.15, 0.2) is 0 Å². The van der Waals surface area contributed by atoms with Crippen LogP contribution in [-0.4, -0.2) is 5.54 Å². The smallest absolute Gasteiger partial charge is 0.223 e. The third-order valence-electron chi connectivity index (χ3n) is 3.25. The molecule has 0 unspecified atom stereocenters. The lowest BCUT2D eigenvalue weighted by Gasteiger charge is -2.12. The van der Waals surface area contributed by atoms with Crippen LogP contribution in [0.15, 0.2) is 64.0 Å². The van der Waals surface area contributed by atoms with Crippen molar-refractivity contribution in [2.24, 2.45) is 4.99 Å². The van der Waals surface area contributed by atoms with E-state index in [2.05, 4.69) is 4.99 Å². The van der Waals surface area contributed by atoms with Gasteiger partial charge in [-0.15, -0.1) is 0 Å². The molecule has 1 heterocycles. The first-order valence-corrected chi connectivity index (χ1v) is 7.27. The van der Waals surface area contributed by atoms with E-state index in [4.69, 9.17) is 4.42 Å². The van der Waals surface area contributed by atoms with E-state index < -0.39 is 0 Å². The van der Waals surface area contributed by atoms with Crippen molar-refractivity contribution in [3.63, 3.8) is 0 Å². The number of rotatable bonds is 1. The summed E-state index contributed by atoms with van der Waals surface area (Å²) in [6.07, 6.45) is 0. The molecule has 22 heavy (non-hydrogen) atoms. The van der Waals surface area contributed by atoms with Crippen molar-refractivity contribution in [3.05, 3.63) is 66.0 Å². The highest BCUT2D eigenvalue weighted by atomic mass is 19.1. The molecular formula is C19H18FNO.